The Labute approximate surface area is 194 Å². The van der Waals surface area contributed by atoms with Crippen LogP contribution < -0.4 is 10.2 Å². The van der Waals surface area contributed by atoms with Gasteiger partial charge >= 0.3 is 6.18 Å². The van der Waals surface area contributed by atoms with E-state index >= 15 is 0 Å². The van der Waals surface area contributed by atoms with Crippen molar-refractivity contribution in [3.05, 3.63) is 54.1 Å². The quantitative estimate of drug-likeness (QED) is 0.585. The van der Waals surface area contributed by atoms with Crippen molar-refractivity contribution < 1.29 is 23.1 Å². The number of aliphatic hydroxyl groups is 1. The molecule has 0 spiro atoms. The molecule has 11 heteroatoms. The molecule has 1 saturated heterocycles. The lowest BCUT2D eigenvalue weighted by Crippen LogP contribution is -2.33. The van der Waals surface area contributed by atoms with Gasteiger partial charge in [-0.3, -0.25) is 9.48 Å². The zero-order valence-electron chi connectivity index (χ0n) is 19.0. The molecule has 0 bridgehead atoms. The minimum Gasteiger partial charge on any atom is -0.390 e. The number of aryl methyl sites for hydroxylation is 1. The van der Waals surface area contributed by atoms with Crippen LogP contribution in [0.1, 0.15) is 36.3 Å². The smallest absolute Gasteiger partial charge is 0.390 e. The van der Waals surface area contributed by atoms with Gasteiger partial charge in [0, 0.05) is 50.1 Å². The highest BCUT2D eigenvalue weighted by molar-refractivity contribution is 6.03. The summed E-state index contributed by atoms with van der Waals surface area (Å²) in [5, 5.41) is 16.7. The average Bonchev–Trinajstić information content (AvgIpc) is 3.42. The first kappa shape index (κ1) is 23.7. The van der Waals surface area contributed by atoms with Crippen LogP contribution in [0.2, 0.25) is 0 Å². The molecule has 3 aromatic heterocycles. The van der Waals surface area contributed by atoms with Crippen LogP contribution in [0.4, 0.5) is 24.7 Å². The summed E-state index contributed by atoms with van der Waals surface area (Å²) in [7, 11) is 1.74. The van der Waals surface area contributed by atoms with Gasteiger partial charge in [0.1, 0.15) is 11.5 Å². The Bertz CT molecular complexity index is 1200. The van der Waals surface area contributed by atoms with Crippen molar-refractivity contribution in [3.63, 3.8) is 0 Å². The van der Waals surface area contributed by atoms with Gasteiger partial charge in [0.25, 0.3) is 5.91 Å². The first-order valence-electron chi connectivity index (χ1n) is 10.7. The second kappa shape index (κ2) is 8.71. The van der Waals surface area contributed by atoms with Crippen molar-refractivity contribution in [3.8, 4) is 11.3 Å². The number of nitrogens with one attached hydrogen (secondary N) is 1. The minimum absolute atomic E-state index is 0.0314. The number of halogens is 3. The first-order chi connectivity index (χ1) is 15.9. The van der Waals surface area contributed by atoms with E-state index in [4.69, 9.17) is 0 Å². The van der Waals surface area contributed by atoms with Gasteiger partial charge in [0.05, 0.1) is 28.7 Å². The van der Waals surface area contributed by atoms with Gasteiger partial charge in [-0.25, -0.2) is 9.97 Å². The van der Waals surface area contributed by atoms with Crippen molar-refractivity contribution in [2.24, 2.45) is 13.0 Å². The normalized spacial score (nSPS) is 16.7. The second-order valence-electron chi connectivity index (χ2n) is 8.94. The second-order valence-corrected chi connectivity index (χ2v) is 8.94. The standard InChI is InChI=1S/C23H25F3N6O2/c1-22(2,34)15-7-8-32(13-15)20-9-19(16(11-27-20)23(24,25)26)30-21(33)18-6-4-5-17(29-18)14-10-28-31(3)12-14/h4-6,9-12,15,34H,7-8,13H2,1-3H3,(H,27,30,33). The molecule has 3 aromatic rings. The van der Waals surface area contributed by atoms with Gasteiger partial charge in [-0.2, -0.15) is 18.3 Å². The number of hydrogen-bond donors (Lipinski definition) is 2. The van der Waals surface area contributed by atoms with E-state index < -0.39 is 28.9 Å². The van der Waals surface area contributed by atoms with Crippen LogP contribution in [0.25, 0.3) is 11.3 Å². The highest BCUT2D eigenvalue weighted by Crippen LogP contribution is 2.37. The van der Waals surface area contributed by atoms with E-state index in [-0.39, 0.29) is 11.6 Å². The molecule has 1 aliphatic heterocycles. The lowest BCUT2D eigenvalue weighted by molar-refractivity contribution is -0.137. The maximum absolute atomic E-state index is 13.7. The number of carbonyl (C=O) groups is 1. The summed E-state index contributed by atoms with van der Waals surface area (Å²) in [6.07, 6.45) is -0.00361. The summed E-state index contributed by atoms with van der Waals surface area (Å²) in [4.78, 5) is 22.9. The number of anilines is 2. The zero-order chi connectivity index (χ0) is 24.7. The molecule has 0 aliphatic carbocycles. The number of rotatable bonds is 5. The highest BCUT2D eigenvalue weighted by Gasteiger charge is 2.37. The monoisotopic (exact) mass is 474 g/mol. The van der Waals surface area contributed by atoms with E-state index in [0.29, 0.717) is 36.6 Å². The van der Waals surface area contributed by atoms with Gasteiger partial charge < -0.3 is 15.3 Å². The van der Waals surface area contributed by atoms with Crippen LogP contribution in [0.5, 0.6) is 0 Å². The lowest BCUT2D eigenvalue weighted by Gasteiger charge is -2.26. The maximum Gasteiger partial charge on any atom is 0.419 e. The van der Waals surface area contributed by atoms with Crippen molar-refractivity contribution in [1.29, 1.82) is 0 Å². The molecule has 8 nitrogen and oxygen atoms in total. The summed E-state index contributed by atoms with van der Waals surface area (Å²) in [6, 6.07) is 5.94. The van der Waals surface area contributed by atoms with Crippen molar-refractivity contribution in [1.82, 2.24) is 19.7 Å². The molecule has 34 heavy (non-hydrogen) atoms. The van der Waals surface area contributed by atoms with E-state index in [1.807, 2.05) is 0 Å². The van der Waals surface area contributed by atoms with E-state index in [0.717, 1.165) is 6.20 Å². The largest absolute Gasteiger partial charge is 0.419 e. The predicted octanol–water partition coefficient (Wildman–Crippen LogP) is 3.75. The molecule has 1 aliphatic rings. The molecule has 0 aromatic carbocycles. The summed E-state index contributed by atoms with van der Waals surface area (Å²) in [5.41, 5.74) is -1.25. The third kappa shape index (κ3) is 5.04. The third-order valence-electron chi connectivity index (χ3n) is 5.94. The zero-order valence-corrected chi connectivity index (χ0v) is 19.0. The topological polar surface area (TPSA) is 96.2 Å². The molecule has 4 heterocycles. The minimum atomic E-state index is -4.71. The van der Waals surface area contributed by atoms with Gasteiger partial charge in [-0.1, -0.05) is 6.07 Å². The molecule has 0 saturated carbocycles. The Balaban J connectivity index is 1.61. The third-order valence-corrected chi connectivity index (χ3v) is 5.94. The number of amides is 1. The number of aromatic nitrogens is 4. The van der Waals surface area contributed by atoms with Crippen LogP contribution in [-0.4, -0.2) is 49.5 Å². The highest BCUT2D eigenvalue weighted by atomic mass is 19.4. The predicted molar refractivity (Wildman–Crippen MR) is 120 cm³/mol. The molecule has 1 unspecified atom stereocenters. The molecule has 0 radical (unpaired) electrons. The van der Waals surface area contributed by atoms with E-state index in [9.17, 15) is 23.1 Å². The van der Waals surface area contributed by atoms with E-state index in [2.05, 4.69) is 20.4 Å². The fraction of sp³-hybridized carbons (Fsp3) is 0.391. The molecular weight excluding hydrogens is 449 g/mol. The average molecular weight is 474 g/mol. The van der Waals surface area contributed by atoms with E-state index in [1.165, 1.54) is 12.1 Å². The lowest BCUT2D eigenvalue weighted by atomic mass is 9.90. The van der Waals surface area contributed by atoms with Gasteiger partial charge in [-0.15, -0.1) is 0 Å². The van der Waals surface area contributed by atoms with Gasteiger partial charge in [0.2, 0.25) is 0 Å². The van der Waals surface area contributed by atoms with Crippen LogP contribution in [0.3, 0.4) is 0 Å². The SMILES string of the molecule is Cn1cc(-c2cccc(C(=O)Nc3cc(N4CCC(C(C)(C)O)C4)ncc3C(F)(F)F)n2)cn1. The molecule has 180 valence electrons. The Morgan fingerprint density at radius 1 is 1.24 bits per heavy atom. The van der Waals surface area contributed by atoms with Crippen LogP contribution >= 0.6 is 0 Å². The first-order valence-corrected chi connectivity index (χ1v) is 10.7. The summed E-state index contributed by atoms with van der Waals surface area (Å²) in [6.45, 7) is 4.40. The fourth-order valence-corrected chi connectivity index (χ4v) is 3.95. The van der Waals surface area contributed by atoms with Crippen LogP contribution in [0.15, 0.2) is 42.9 Å². The number of pyridine rings is 2. The summed E-state index contributed by atoms with van der Waals surface area (Å²) in [5.74, 6) is -0.523. The van der Waals surface area contributed by atoms with E-state index in [1.54, 1.807) is 55.0 Å². The molecular formula is C23H25F3N6O2. The Morgan fingerprint density at radius 2 is 2.00 bits per heavy atom. The van der Waals surface area contributed by atoms with Crippen LogP contribution in [0, 0.1) is 5.92 Å². The Kier molecular flexibility index (Phi) is 6.07. The van der Waals surface area contributed by atoms with Gasteiger partial charge in [0.15, 0.2) is 0 Å². The van der Waals surface area contributed by atoms with Gasteiger partial charge in [-0.05, 0) is 32.4 Å². The Morgan fingerprint density at radius 3 is 2.62 bits per heavy atom. The molecule has 2 N–H and O–H groups in total. The van der Waals surface area contributed by atoms with Crippen LogP contribution in [-0.2, 0) is 13.2 Å². The summed E-state index contributed by atoms with van der Waals surface area (Å²) >= 11 is 0. The molecule has 1 fully saturated rings. The Hall–Kier alpha value is -3.47. The number of nitrogens with zero attached hydrogens (tertiary/aromatic N) is 5. The van der Waals surface area contributed by atoms with Crippen molar-refractivity contribution >= 4 is 17.4 Å². The number of carbonyl (C=O) groups excluding carboxylic acids is 1. The molecule has 4 rings (SSSR count). The van der Waals surface area contributed by atoms with Crippen molar-refractivity contribution in [2.45, 2.75) is 32.0 Å². The maximum atomic E-state index is 13.7. The molecule has 1 atom stereocenters. The fourth-order valence-electron chi connectivity index (χ4n) is 3.95. The molecule has 1 amide bonds. The number of hydrogen-bond acceptors (Lipinski definition) is 6. The van der Waals surface area contributed by atoms with Crippen molar-refractivity contribution in [2.75, 3.05) is 23.3 Å². The number of alkyl halides is 3. The summed E-state index contributed by atoms with van der Waals surface area (Å²) < 4.78 is 42.5.